The Balaban J connectivity index is 2.11. The molecule has 1 fully saturated rings. The van der Waals surface area contributed by atoms with Crippen molar-refractivity contribution in [1.82, 2.24) is 5.32 Å². The Morgan fingerprint density at radius 1 is 1.24 bits per heavy atom. The predicted octanol–water partition coefficient (Wildman–Crippen LogP) is 3.96. The van der Waals surface area contributed by atoms with Crippen LogP contribution in [0, 0.1) is 0 Å². The molecule has 3 heteroatoms. The van der Waals surface area contributed by atoms with E-state index >= 15 is 0 Å². The van der Waals surface area contributed by atoms with Crippen molar-refractivity contribution in [2.24, 2.45) is 0 Å². The maximum Gasteiger partial charge on any atom is 0.142 e. The van der Waals surface area contributed by atoms with Gasteiger partial charge in [-0.05, 0) is 30.5 Å². The van der Waals surface area contributed by atoms with Gasteiger partial charge in [0.15, 0.2) is 0 Å². The number of anilines is 1. The van der Waals surface area contributed by atoms with Crippen molar-refractivity contribution in [1.29, 1.82) is 0 Å². The molecule has 1 N–H and O–H groups in total. The maximum absolute atomic E-state index is 5.64. The molecule has 1 aliphatic carbocycles. The molecule has 1 aromatic carbocycles. The van der Waals surface area contributed by atoms with E-state index in [-0.39, 0.29) is 0 Å². The van der Waals surface area contributed by atoms with Gasteiger partial charge in [-0.15, -0.1) is 0 Å². The van der Waals surface area contributed by atoms with E-state index in [0.717, 1.165) is 12.3 Å². The van der Waals surface area contributed by atoms with Crippen molar-refractivity contribution in [3.8, 4) is 5.75 Å². The van der Waals surface area contributed by atoms with Gasteiger partial charge in [0, 0.05) is 25.7 Å². The van der Waals surface area contributed by atoms with Gasteiger partial charge in [0.05, 0.1) is 12.8 Å². The Morgan fingerprint density at radius 3 is 2.57 bits per heavy atom. The average Bonchev–Trinajstić information content (AvgIpc) is 2.52. The Bertz CT molecular complexity index is 439. The Morgan fingerprint density at radius 2 is 1.95 bits per heavy atom. The van der Waals surface area contributed by atoms with Gasteiger partial charge in [0.25, 0.3) is 0 Å². The fourth-order valence-electron chi connectivity index (χ4n) is 3.11. The minimum Gasteiger partial charge on any atom is -0.495 e. The Hall–Kier alpha value is -1.22. The molecule has 0 aliphatic heterocycles. The molecule has 0 unspecified atom stereocenters. The molecule has 0 atom stereocenters. The number of nitrogens with zero attached hydrogens (tertiary/aromatic N) is 1. The van der Waals surface area contributed by atoms with Crippen LogP contribution in [-0.4, -0.2) is 26.2 Å². The molecule has 0 spiro atoms. The van der Waals surface area contributed by atoms with Crippen molar-refractivity contribution < 1.29 is 4.74 Å². The topological polar surface area (TPSA) is 24.5 Å². The average molecular weight is 290 g/mol. The summed E-state index contributed by atoms with van der Waals surface area (Å²) < 4.78 is 5.64. The molecular weight excluding hydrogens is 260 g/mol. The van der Waals surface area contributed by atoms with E-state index in [9.17, 15) is 0 Å². The number of hydrogen-bond donors (Lipinski definition) is 1. The first-order valence-electron chi connectivity index (χ1n) is 8.25. The van der Waals surface area contributed by atoms with Crippen molar-refractivity contribution in [3.63, 3.8) is 0 Å². The van der Waals surface area contributed by atoms with E-state index in [1.807, 2.05) is 0 Å². The molecule has 3 nitrogen and oxygen atoms in total. The van der Waals surface area contributed by atoms with Crippen LogP contribution in [0.5, 0.6) is 5.75 Å². The first-order chi connectivity index (χ1) is 10.1. The van der Waals surface area contributed by atoms with Crippen LogP contribution in [-0.2, 0) is 6.54 Å². The van der Waals surface area contributed by atoms with E-state index in [4.69, 9.17) is 4.74 Å². The van der Waals surface area contributed by atoms with Crippen LogP contribution in [0.4, 0.5) is 5.69 Å². The lowest BCUT2D eigenvalue weighted by Gasteiger charge is -2.34. The molecule has 0 amide bonds. The maximum atomic E-state index is 5.64. The highest BCUT2D eigenvalue weighted by Crippen LogP contribution is 2.33. The summed E-state index contributed by atoms with van der Waals surface area (Å²) in [5.74, 6) is 0.992. The highest BCUT2D eigenvalue weighted by Gasteiger charge is 2.20. The van der Waals surface area contributed by atoms with Crippen molar-refractivity contribution in [2.45, 2.75) is 64.6 Å². The van der Waals surface area contributed by atoms with Gasteiger partial charge in [-0.25, -0.2) is 0 Å². The largest absolute Gasteiger partial charge is 0.495 e. The van der Waals surface area contributed by atoms with E-state index in [1.165, 1.54) is 43.4 Å². The molecule has 0 radical (unpaired) electrons. The monoisotopic (exact) mass is 290 g/mol. The van der Waals surface area contributed by atoms with Crippen molar-refractivity contribution in [3.05, 3.63) is 23.8 Å². The van der Waals surface area contributed by atoms with Gasteiger partial charge < -0.3 is 15.0 Å². The smallest absolute Gasteiger partial charge is 0.142 e. The third kappa shape index (κ3) is 4.37. The highest BCUT2D eigenvalue weighted by molar-refractivity contribution is 5.60. The fraction of sp³-hybridized carbons (Fsp3) is 0.667. The number of benzene rings is 1. The fourth-order valence-corrected chi connectivity index (χ4v) is 3.11. The zero-order chi connectivity index (χ0) is 15.2. The van der Waals surface area contributed by atoms with Crippen LogP contribution < -0.4 is 15.0 Å². The lowest BCUT2D eigenvalue weighted by Crippen LogP contribution is -2.33. The van der Waals surface area contributed by atoms with Crippen LogP contribution in [0.1, 0.15) is 51.5 Å². The van der Waals surface area contributed by atoms with Gasteiger partial charge in [0.1, 0.15) is 5.75 Å². The van der Waals surface area contributed by atoms with E-state index in [0.29, 0.717) is 12.1 Å². The SMILES string of the molecule is COc1cc(CNC(C)C)ccc1N(C)C1CCCCC1. The van der Waals surface area contributed by atoms with Crippen LogP contribution in [0.25, 0.3) is 0 Å². The van der Waals surface area contributed by atoms with Crippen LogP contribution in [0.2, 0.25) is 0 Å². The van der Waals surface area contributed by atoms with E-state index in [2.05, 4.69) is 49.3 Å². The summed E-state index contributed by atoms with van der Waals surface area (Å²) in [7, 11) is 3.98. The summed E-state index contributed by atoms with van der Waals surface area (Å²) in [5.41, 5.74) is 2.50. The van der Waals surface area contributed by atoms with E-state index in [1.54, 1.807) is 7.11 Å². The second-order valence-corrected chi connectivity index (χ2v) is 6.44. The first-order valence-corrected chi connectivity index (χ1v) is 8.25. The number of methoxy groups -OCH3 is 1. The number of ether oxygens (including phenoxy) is 1. The van der Waals surface area contributed by atoms with Crippen LogP contribution in [0.15, 0.2) is 18.2 Å². The molecule has 2 rings (SSSR count). The molecule has 118 valence electrons. The third-order valence-electron chi connectivity index (χ3n) is 4.46. The third-order valence-corrected chi connectivity index (χ3v) is 4.46. The first kappa shape index (κ1) is 16.2. The normalized spacial score (nSPS) is 16.2. The van der Waals surface area contributed by atoms with Gasteiger partial charge in [0.2, 0.25) is 0 Å². The van der Waals surface area contributed by atoms with Gasteiger partial charge in [-0.3, -0.25) is 0 Å². The lowest BCUT2D eigenvalue weighted by atomic mass is 9.94. The summed E-state index contributed by atoms with van der Waals surface area (Å²) in [6, 6.07) is 7.76. The zero-order valence-corrected chi connectivity index (χ0v) is 14.0. The summed E-state index contributed by atoms with van der Waals surface area (Å²) >= 11 is 0. The standard InChI is InChI=1S/C18H30N2O/c1-14(2)19-13-15-10-11-17(18(12-15)21-4)20(3)16-8-6-5-7-9-16/h10-12,14,16,19H,5-9,13H2,1-4H3. The van der Waals surface area contributed by atoms with Gasteiger partial charge >= 0.3 is 0 Å². The molecule has 1 aromatic rings. The van der Waals surface area contributed by atoms with Crippen molar-refractivity contribution >= 4 is 5.69 Å². The summed E-state index contributed by atoms with van der Waals surface area (Å²) in [4.78, 5) is 2.41. The second-order valence-electron chi connectivity index (χ2n) is 6.44. The summed E-state index contributed by atoms with van der Waals surface area (Å²) in [6.07, 6.45) is 6.70. The number of rotatable bonds is 6. The predicted molar refractivity (Wildman–Crippen MR) is 90.2 cm³/mol. The molecular formula is C18H30N2O. The number of hydrogen-bond acceptors (Lipinski definition) is 3. The molecule has 1 aliphatic rings. The molecule has 0 heterocycles. The quantitative estimate of drug-likeness (QED) is 0.858. The molecule has 0 aromatic heterocycles. The summed E-state index contributed by atoms with van der Waals surface area (Å²) in [5, 5.41) is 3.46. The Labute approximate surface area is 129 Å². The van der Waals surface area contributed by atoms with Gasteiger partial charge in [-0.2, -0.15) is 0 Å². The lowest BCUT2D eigenvalue weighted by molar-refractivity contribution is 0.401. The molecule has 0 bridgehead atoms. The van der Waals surface area contributed by atoms with Gasteiger partial charge in [-0.1, -0.05) is 39.2 Å². The van der Waals surface area contributed by atoms with E-state index < -0.39 is 0 Å². The Kier molecular flexibility index (Phi) is 5.92. The molecule has 21 heavy (non-hydrogen) atoms. The van der Waals surface area contributed by atoms with Crippen LogP contribution in [0.3, 0.4) is 0 Å². The highest BCUT2D eigenvalue weighted by atomic mass is 16.5. The van der Waals surface area contributed by atoms with Crippen molar-refractivity contribution in [2.75, 3.05) is 19.1 Å². The molecule has 1 saturated carbocycles. The second kappa shape index (κ2) is 7.69. The molecule has 0 saturated heterocycles. The minimum absolute atomic E-state index is 0.501. The minimum atomic E-state index is 0.501. The van der Waals surface area contributed by atoms with Crippen LogP contribution >= 0.6 is 0 Å². The summed E-state index contributed by atoms with van der Waals surface area (Å²) in [6.45, 7) is 5.23. The zero-order valence-electron chi connectivity index (χ0n) is 14.0. The number of nitrogens with one attached hydrogen (secondary N) is 1.